The van der Waals surface area contributed by atoms with Crippen molar-refractivity contribution in [1.82, 2.24) is 5.32 Å². The summed E-state index contributed by atoms with van der Waals surface area (Å²) < 4.78 is 44.1. The van der Waals surface area contributed by atoms with E-state index >= 15 is 0 Å². The lowest BCUT2D eigenvalue weighted by Gasteiger charge is -2.11. The second-order valence-electron chi connectivity index (χ2n) is 7.14. The third kappa shape index (κ3) is 6.67. The number of rotatable bonds is 8. The highest BCUT2D eigenvalue weighted by molar-refractivity contribution is 6.02. The molecule has 0 atom stereocenters. The third-order valence-corrected chi connectivity index (χ3v) is 4.69. The number of carboxylic acid groups (broad SMARTS) is 1. The van der Waals surface area contributed by atoms with Crippen molar-refractivity contribution in [2.75, 3.05) is 0 Å². The summed E-state index contributed by atoms with van der Waals surface area (Å²) in [5.74, 6) is -1.84. The first-order valence-corrected chi connectivity index (χ1v) is 9.93. The first-order valence-electron chi connectivity index (χ1n) is 9.93. The predicted octanol–water partition coefficient (Wildman–Crippen LogP) is 5.05. The van der Waals surface area contributed by atoms with Crippen molar-refractivity contribution in [3.8, 4) is 5.75 Å². The van der Waals surface area contributed by atoms with Crippen LogP contribution in [0.2, 0.25) is 0 Å². The molecule has 180 valence electrons. The van der Waals surface area contributed by atoms with Gasteiger partial charge in [-0.2, -0.15) is 13.2 Å². The Balaban J connectivity index is 1.78. The molecule has 0 unspecified atom stereocenters. The van der Waals surface area contributed by atoms with Gasteiger partial charge in [0.25, 0.3) is 11.6 Å². The van der Waals surface area contributed by atoms with Gasteiger partial charge in [-0.05, 0) is 48.0 Å². The number of halogens is 3. The highest BCUT2D eigenvalue weighted by Crippen LogP contribution is 2.33. The first-order chi connectivity index (χ1) is 16.5. The molecule has 0 fully saturated rings. The number of nitro groups is 1. The minimum Gasteiger partial charge on any atom is -0.489 e. The minimum atomic E-state index is -4.73. The summed E-state index contributed by atoms with van der Waals surface area (Å²) >= 11 is 0. The number of ether oxygens (including phenoxy) is 1. The van der Waals surface area contributed by atoms with Crippen molar-refractivity contribution in [3.63, 3.8) is 0 Å². The van der Waals surface area contributed by atoms with Crippen molar-refractivity contribution in [2.24, 2.45) is 0 Å². The fourth-order valence-corrected chi connectivity index (χ4v) is 2.99. The highest BCUT2D eigenvalue weighted by atomic mass is 19.4. The summed E-state index contributed by atoms with van der Waals surface area (Å²) in [4.78, 5) is 34.2. The average Bonchev–Trinajstić information content (AvgIpc) is 2.82. The van der Waals surface area contributed by atoms with Crippen LogP contribution >= 0.6 is 0 Å². The molecular formula is C24H17F3N2O6. The molecular weight excluding hydrogens is 469 g/mol. The van der Waals surface area contributed by atoms with Crippen LogP contribution in [0.3, 0.4) is 0 Å². The van der Waals surface area contributed by atoms with Crippen LogP contribution in [0.5, 0.6) is 5.75 Å². The van der Waals surface area contributed by atoms with Crippen LogP contribution in [0, 0.1) is 10.1 Å². The van der Waals surface area contributed by atoms with E-state index in [4.69, 9.17) is 4.74 Å². The lowest BCUT2D eigenvalue weighted by atomic mass is 10.1. The van der Waals surface area contributed by atoms with Gasteiger partial charge in [0, 0.05) is 11.6 Å². The van der Waals surface area contributed by atoms with Crippen LogP contribution in [0.15, 0.2) is 78.5 Å². The maximum Gasteiger partial charge on any atom is 0.416 e. The number of carboxylic acids is 1. The van der Waals surface area contributed by atoms with Crippen LogP contribution in [0.25, 0.3) is 6.08 Å². The van der Waals surface area contributed by atoms with E-state index < -0.39 is 46.5 Å². The Morgan fingerprint density at radius 2 is 1.74 bits per heavy atom. The normalized spacial score (nSPS) is 11.6. The summed E-state index contributed by atoms with van der Waals surface area (Å²) in [5, 5.41) is 23.0. The van der Waals surface area contributed by atoms with Crippen LogP contribution < -0.4 is 10.1 Å². The smallest absolute Gasteiger partial charge is 0.416 e. The highest BCUT2D eigenvalue weighted by Gasteiger charge is 2.33. The van der Waals surface area contributed by atoms with Gasteiger partial charge < -0.3 is 15.2 Å². The number of nitrogens with one attached hydrogen (secondary N) is 1. The van der Waals surface area contributed by atoms with Gasteiger partial charge in [-0.3, -0.25) is 14.9 Å². The molecule has 3 rings (SSSR count). The van der Waals surface area contributed by atoms with E-state index in [9.17, 15) is 38.0 Å². The fourth-order valence-electron chi connectivity index (χ4n) is 2.99. The minimum absolute atomic E-state index is 0.0784. The molecule has 0 spiro atoms. The van der Waals surface area contributed by atoms with Crippen LogP contribution in [0.4, 0.5) is 18.9 Å². The SMILES string of the molecule is O=C(O)C(=Cc1cccc(OCc2ccc(C(F)(F)F)cc2[N+](=O)[O-])c1)NC(=O)c1ccccc1. The Labute approximate surface area is 196 Å². The van der Waals surface area contributed by atoms with Crippen molar-refractivity contribution < 1.29 is 37.5 Å². The number of hydrogen-bond acceptors (Lipinski definition) is 5. The zero-order valence-corrected chi connectivity index (χ0v) is 17.8. The predicted molar refractivity (Wildman–Crippen MR) is 118 cm³/mol. The number of alkyl halides is 3. The summed E-state index contributed by atoms with van der Waals surface area (Å²) in [5.41, 5.74) is -1.80. The molecule has 3 aromatic rings. The van der Waals surface area contributed by atoms with Crippen molar-refractivity contribution in [2.45, 2.75) is 12.8 Å². The Hall–Kier alpha value is -4.67. The monoisotopic (exact) mass is 486 g/mol. The number of nitrogens with zero attached hydrogens (tertiary/aromatic N) is 1. The lowest BCUT2D eigenvalue weighted by Crippen LogP contribution is -2.27. The Morgan fingerprint density at radius 3 is 2.37 bits per heavy atom. The van der Waals surface area contributed by atoms with Gasteiger partial charge >= 0.3 is 12.1 Å². The van der Waals surface area contributed by atoms with Crippen LogP contribution in [-0.2, 0) is 17.6 Å². The maximum absolute atomic E-state index is 12.9. The summed E-state index contributed by atoms with van der Waals surface area (Å²) in [6, 6.07) is 16.1. The number of carbonyl (C=O) groups excluding carboxylic acids is 1. The summed E-state index contributed by atoms with van der Waals surface area (Å²) in [6.07, 6.45) is -3.54. The second-order valence-corrected chi connectivity index (χ2v) is 7.14. The Morgan fingerprint density at radius 1 is 1.03 bits per heavy atom. The molecule has 0 aliphatic rings. The number of amides is 1. The molecule has 0 saturated heterocycles. The first kappa shape index (κ1) is 25.0. The van der Waals surface area contributed by atoms with E-state index in [1.54, 1.807) is 18.2 Å². The molecule has 0 bridgehead atoms. The molecule has 0 heterocycles. The van der Waals surface area contributed by atoms with Crippen LogP contribution in [-0.4, -0.2) is 21.9 Å². The van der Waals surface area contributed by atoms with Crippen molar-refractivity contribution in [1.29, 1.82) is 0 Å². The van der Waals surface area contributed by atoms with E-state index in [0.29, 0.717) is 11.6 Å². The van der Waals surface area contributed by atoms with Gasteiger partial charge in [0.05, 0.1) is 16.1 Å². The second kappa shape index (κ2) is 10.5. The molecule has 1 amide bonds. The standard InChI is InChI=1S/C24H17F3N2O6/c25-24(26,27)18-10-9-17(21(13-18)29(33)34)14-35-19-8-4-5-15(11-19)12-20(23(31)32)28-22(30)16-6-2-1-3-7-16/h1-13H,14H2,(H,28,30)(H,31,32). The molecule has 3 aromatic carbocycles. The summed E-state index contributed by atoms with van der Waals surface area (Å²) in [7, 11) is 0. The molecule has 11 heteroatoms. The van der Waals surface area contributed by atoms with E-state index in [0.717, 1.165) is 12.1 Å². The zero-order chi connectivity index (χ0) is 25.6. The molecule has 35 heavy (non-hydrogen) atoms. The number of aliphatic carboxylic acids is 1. The molecule has 0 aromatic heterocycles. The van der Waals surface area contributed by atoms with Crippen molar-refractivity contribution >= 4 is 23.6 Å². The van der Waals surface area contributed by atoms with Gasteiger partial charge in [0.15, 0.2) is 0 Å². The number of carbonyl (C=O) groups is 2. The average molecular weight is 486 g/mol. The maximum atomic E-state index is 12.9. The molecule has 0 saturated carbocycles. The Kier molecular flexibility index (Phi) is 7.49. The molecule has 0 radical (unpaired) electrons. The van der Waals surface area contributed by atoms with Gasteiger partial charge in [-0.1, -0.05) is 30.3 Å². The third-order valence-electron chi connectivity index (χ3n) is 4.69. The van der Waals surface area contributed by atoms with E-state index in [1.165, 1.54) is 42.5 Å². The lowest BCUT2D eigenvalue weighted by molar-refractivity contribution is -0.386. The molecule has 0 aliphatic heterocycles. The van der Waals surface area contributed by atoms with Gasteiger partial charge in [0.1, 0.15) is 18.1 Å². The largest absolute Gasteiger partial charge is 0.489 e. The number of hydrogen-bond donors (Lipinski definition) is 2. The zero-order valence-electron chi connectivity index (χ0n) is 17.8. The molecule has 2 N–H and O–H groups in total. The van der Waals surface area contributed by atoms with E-state index in [1.807, 2.05) is 0 Å². The number of benzene rings is 3. The molecule has 0 aliphatic carbocycles. The van der Waals surface area contributed by atoms with E-state index in [-0.39, 0.29) is 16.9 Å². The Bertz CT molecular complexity index is 1290. The molecule has 8 nitrogen and oxygen atoms in total. The topological polar surface area (TPSA) is 119 Å². The summed E-state index contributed by atoms with van der Waals surface area (Å²) in [6.45, 7) is -0.405. The van der Waals surface area contributed by atoms with E-state index in [2.05, 4.69) is 5.32 Å². The van der Waals surface area contributed by atoms with Gasteiger partial charge in [-0.15, -0.1) is 0 Å². The quantitative estimate of drug-likeness (QED) is 0.261. The number of nitro benzene ring substituents is 1. The van der Waals surface area contributed by atoms with Crippen molar-refractivity contribution in [3.05, 3.63) is 111 Å². The van der Waals surface area contributed by atoms with Gasteiger partial charge in [-0.25, -0.2) is 4.79 Å². The van der Waals surface area contributed by atoms with Gasteiger partial charge in [0.2, 0.25) is 0 Å². The fraction of sp³-hybridized carbons (Fsp3) is 0.0833. The van der Waals surface area contributed by atoms with Crippen LogP contribution in [0.1, 0.15) is 27.0 Å².